The lowest BCUT2D eigenvalue weighted by Gasteiger charge is -2.46. The second kappa shape index (κ2) is 7.46. The van der Waals surface area contributed by atoms with E-state index >= 15 is 0 Å². The summed E-state index contributed by atoms with van der Waals surface area (Å²) >= 11 is 0. The fraction of sp³-hybridized carbons (Fsp3) is 1.00. The first-order valence-electron chi connectivity index (χ1n) is 7.71. The van der Waals surface area contributed by atoms with E-state index in [1.807, 2.05) is 0 Å². The molecule has 1 saturated carbocycles. The molecule has 1 rings (SSSR count). The third kappa shape index (κ3) is 3.94. The van der Waals surface area contributed by atoms with Crippen LogP contribution in [0.3, 0.4) is 0 Å². The molecule has 0 bridgehead atoms. The number of nitrogens with two attached hydrogens (primary N) is 1. The van der Waals surface area contributed by atoms with Gasteiger partial charge in [-0.05, 0) is 51.7 Å². The highest BCUT2D eigenvalue weighted by atomic mass is 15.2. The Morgan fingerprint density at radius 2 is 1.67 bits per heavy atom. The first kappa shape index (κ1) is 15.9. The summed E-state index contributed by atoms with van der Waals surface area (Å²) in [5, 5.41) is 0. The molecule has 0 aromatic heterocycles. The molecule has 0 atom stereocenters. The van der Waals surface area contributed by atoms with Crippen molar-refractivity contribution in [2.75, 3.05) is 39.8 Å². The van der Waals surface area contributed by atoms with Crippen LogP contribution in [0.5, 0.6) is 0 Å². The summed E-state index contributed by atoms with van der Waals surface area (Å²) in [4.78, 5) is 5.03. The minimum absolute atomic E-state index is 0.277. The summed E-state index contributed by atoms with van der Waals surface area (Å²) in [5.74, 6) is 0.890. The van der Waals surface area contributed by atoms with E-state index in [0.717, 1.165) is 32.1 Å². The maximum atomic E-state index is 6.10. The van der Waals surface area contributed by atoms with Gasteiger partial charge < -0.3 is 10.6 Å². The quantitative estimate of drug-likeness (QED) is 0.757. The minimum Gasteiger partial charge on any atom is -0.329 e. The number of nitrogens with zero attached hydrogens (tertiary/aromatic N) is 2. The van der Waals surface area contributed by atoms with Crippen LogP contribution in [-0.2, 0) is 0 Å². The Balaban J connectivity index is 2.49. The number of hydrogen-bond acceptors (Lipinski definition) is 3. The van der Waals surface area contributed by atoms with Gasteiger partial charge in [0.1, 0.15) is 0 Å². The molecule has 108 valence electrons. The van der Waals surface area contributed by atoms with Gasteiger partial charge in [-0.15, -0.1) is 0 Å². The van der Waals surface area contributed by atoms with Crippen LogP contribution in [0.25, 0.3) is 0 Å². The van der Waals surface area contributed by atoms with Crippen LogP contribution in [0, 0.1) is 5.92 Å². The number of likely N-dealkylation sites (N-methyl/N-ethyl adjacent to an activating group) is 2. The van der Waals surface area contributed by atoms with Gasteiger partial charge in [0.25, 0.3) is 0 Å². The fourth-order valence-electron chi connectivity index (χ4n) is 3.11. The molecule has 0 spiro atoms. The standard InChI is InChI=1S/C15H33N3/c1-5-18(6-2)12-11-17(4)15(13-16)9-7-14(3)8-10-15/h14H,5-13,16H2,1-4H3. The van der Waals surface area contributed by atoms with Crippen LogP contribution in [0.1, 0.15) is 46.5 Å². The lowest BCUT2D eigenvalue weighted by Crippen LogP contribution is -2.55. The smallest absolute Gasteiger partial charge is 0.0329 e. The molecule has 1 aliphatic carbocycles. The van der Waals surface area contributed by atoms with Crippen molar-refractivity contribution in [1.82, 2.24) is 9.80 Å². The topological polar surface area (TPSA) is 32.5 Å². The third-order valence-corrected chi connectivity index (χ3v) is 5.04. The second-order valence-electron chi connectivity index (χ2n) is 6.06. The van der Waals surface area contributed by atoms with Crippen LogP contribution in [0.4, 0.5) is 0 Å². The summed E-state index contributed by atoms with van der Waals surface area (Å²) < 4.78 is 0. The van der Waals surface area contributed by atoms with Crippen molar-refractivity contribution >= 4 is 0 Å². The number of rotatable bonds is 7. The average Bonchev–Trinajstić information content (AvgIpc) is 2.41. The Morgan fingerprint density at radius 3 is 2.11 bits per heavy atom. The molecular formula is C15H33N3. The molecule has 0 aromatic rings. The summed E-state index contributed by atoms with van der Waals surface area (Å²) in [6, 6.07) is 0. The summed E-state index contributed by atoms with van der Waals surface area (Å²) in [6.07, 6.45) is 5.23. The molecule has 1 aliphatic rings. The van der Waals surface area contributed by atoms with Crippen LogP contribution in [-0.4, -0.2) is 55.1 Å². The Labute approximate surface area is 114 Å². The Hall–Kier alpha value is -0.120. The van der Waals surface area contributed by atoms with E-state index in [1.54, 1.807) is 0 Å². The van der Waals surface area contributed by atoms with Gasteiger partial charge in [-0.1, -0.05) is 20.8 Å². The Kier molecular flexibility index (Phi) is 6.61. The SMILES string of the molecule is CCN(CC)CCN(C)C1(CN)CCC(C)CC1. The number of hydrogen-bond donors (Lipinski definition) is 1. The van der Waals surface area contributed by atoms with Crippen molar-refractivity contribution in [2.45, 2.75) is 52.0 Å². The molecule has 0 aromatic carbocycles. The van der Waals surface area contributed by atoms with Gasteiger partial charge in [0.15, 0.2) is 0 Å². The van der Waals surface area contributed by atoms with E-state index < -0.39 is 0 Å². The molecule has 1 fully saturated rings. The van der Waals surface area contributed by atoms with E-state index in [0.29, 0.717) is 0 Å². The monoisotopic (exact) mass is 255 g/mol. The van der Waals surface area contributed by atoms with Crippen molar-refractivity contribution in [1.29, 1.82) is 0 Å². The first-order chi connectivity index (χ1) is 8.57. The normalized spacial score (nSPS) is 29.2. The predicted octanol–water partition coefficient (Wildman–Crippen LogP) is 2.17. The largest absolute Gasteiger partial charge is 0.329 e. The second-order valence-corrected chi connectivity index (χ2v) is 6.06. The van der Waals surface area contributed by atoms with Gasteiger partial charge in [0.2, 0.25) is 0 Å². The molecule has 2 N–H and O–H groups in total. The van der Waals surface area contributed by atoms with Gasteiger partial charge in [-0.2, -0.15) is 0 Å². The molecule has 3 heteroatoms. The highest BCUT2D eigenvalue weighted by molar-refractivity contribution is 4.94. The zero-order chi connectivity index (χ0) is 13.6. The molecule has 18 heavy (non-hydrogen) atoms. The molecule has 3 nitrogen and oxygen atoms in total. The third-order valence-electron chi connectivity index (χ3n) is 5.04. The zero-order valence-electron chi connectivity index (χ0n) is 12.9. The summed E-state index contributed by atoms with van der Waals surface area (Å²) in [5.41, 5.74) is 6.38. The van der Waals surface area contributed by atoms with Crippen LogP contribution in [0.15, 0.2) is 0 Å². The Morgan fingerprint density at radius 1 is 1.11 bits per heavy atom. The maximum absolute atomic E-state index is 6.10. The molecule has 0 heterocycles. The van der Waals surface area contributed by atoms with E-state index in [9.17, 15) is 0 Å². The Bertz CT molecular complexity index is 218. The van der Waals surface area contributed by atoms with Gasteiger partial charge in [0.05, 0.1) is 0 Å². The molecule has 0 saturated heterocycles. The molecule has 0 amide bonds. The first-order valence-corrected chi connectivity index (χ1v) is 7.71. The van der Waals surface area contributed by atoms with E-state index in [4.69, 9.17) is 5.73 Å². The van der Waals surface area contributed by atoms with Crippen LogP contribution in [0.2, 0.25) is 0 Å². The predicted molar refractivity (Wildman–Crippen MR) is 79.8 cm³/mol. The lowest BCUT2D eigenvalue weighted by molar-refractivity contribution is 0.0595. The summed E-state index contributed by atoms with van der Waals surface area (Å²) in [6.45, 7) is 12.3. The van der Waals surface area contributed by atoms with Gasteiger partial charge in [-0.25, -0.2) is 0 Å². The van der Waals surface area contributed by atoms with Gasteiger partial charge in [-0.3, -0.25) is 4.90 Å². The highest BCUT2D eigenvalue weighted by Crippen LogP contribution is 2.34. The van der Waals surface area contributed by atoms with Crippen LogP contribution >= 0.6 is 0 Å². The van der Waals surface area contributed by atoms with E-state index in [1.165, 1.54) is 32.2 Å². The van der Waals surface area contributed by atoms with Crippen molar-refractivity contribution in [2.24, 2.45) is 11.7 Å². The molecule has 0 unspecified atom stereocenters. The maximum Gasteiger partial charge on any atom is 0.0329 e. The lowest BCUT2D eigenvalue weighted by atomic mass is 9.76. The van der Waals surface area contributed by atoms with Crippen molar-refractivity contribution in [3.8, 4) is 0 Å². The molecular weight excluding hydrogens is 222 g/mol. The summed E-state index contributed by atoms with van der Waals surface area (Å²) in [7, 11) is 2.27. The van der Waals surface area contributed by atoms with Crippen LogP contribution < -0.4 is 5.73 Å². The fourth-order valence-corrected chi connectivity index (χ4v) is 3.11. The highest BCUT2D eigenvalue weighted by Gasteiger charge is 2.36. The average molecular weight is 255 g/mol. The molecule has 0 aliphatic heterocycles. The molecule has 0 radical (unpaired) electrons. The zero-order valence-corrected chi connectivity index (χ0v) is 12.9. The van der Waals surface area contributed by atoms with Gasteiger partial charge in [0, 0.05) is 25.2 Å². The minimum atomic E-state index is 0.277. The van der Waals surface area contributed by atoms with E-state index in [2.05, 4.69) is 37.6 Å². The van der Waals surface area contributed by atoms with E-state index in [-0.39, 0.29) is 5.54 Å². The van der Waals surface area contributed by atoms with Crippen molar-refractivity contribution in [3.63, 3.8) is 0 Å². The van der Waals surface area contributed by atoms with Crippen molar-refractivity contribution in [3.05, 3.63) is 0 Å². The van der Waals surface area contributed by atoms with Gasteiger partial charge >= 0.3 is 0 Å². The van der Waals surface area contributed by atoms with Crippen molar-refractivity contribution < 1.29 is 0 Å².